The van der Waals surface area contributed by atoms with Crippen molar-refractivity contribution in [2.24, 2.45) is 0 Å². The fourth-order valence-corrected chi connectivity index (χ4v) is 5.08. The predicted molar refractivity (Wildman–Crippen MR) is 135 cm³/mol. The Kier molecular flexibility index (Phi) is 7.92. The summed E-state index contributed by atoms with van der Waals surface area (Å²) >= 11 is 0. The van der Waals surface area contributed by atoms with Crippen LogP contribution in [0.3, 0.4) is 0 Å². The molecule has 33 heavy (non-hydrogen) atoms. The maximum Gasteiger partial charge on any atom is 0.232 e. The Morgan fingerprint density at radius 2 is 1.58 bits per heavy atom. The van der Waals surface area contributed by atoms with Gasteiger partial charge >= 0.3 is 0 Å². The van der Waals surface area contributed by atoms with Crippen molar-refractivity contribution in [2.45, 2.75) is 39.7 Å². The van der Waals surface area contributed by atoms with Gasteiger partial charge in [0.2, 0.25) is 15.9 Å². The lowest BCUT2D eigenvalue weighted by atomic mass is 9.93. The summed E-state index contributed by atoms with van der Waals surface area (Å²) in [6.45, 7) is 6.23. The molecule has 174 valence electrons. The van der Waals surface area contributed by atoms with E-state index in [4.69, 9.17) is 0 Å². The van der Waals surface area contributed by atoms with Crippen molar-refractivity contribution < 1.29 is 13.2 Å². The lowest BCUT2D eigenvalue weighted by molar-refractivity contribution is -0.121. The molecule has 0 aliphatic rings. The van der Waals surface area contributed by atoms with Crippen molar-refractivity contribution in [3.8, 4) is 0 Å². The summed E-state index contributed by atoms with van der Waals surface area (Å²) in [5.41, 5.74) is 5.89. The lowest BCUT2D eigenvalue weighted by Crippen LogP contribution is -2.33. The Morgan fingerprint density at radius 1 is 0.909 bits per heavy atom. The molecule has 5 nitrogen and oxygen atoms in total. The van der Waals surface area contributed by atoms with E-state index in [1.807, 2.05) is 55.5 Å². The van der Waals surface area contributed by atoms with Gasteiger partial charge in [-0.25, -0.2) is 8.42 Å². The quantitative estimate of drug-likeness (QED) is 0.481. The molecule has 0 saturated carbocycles. The van der Waals surface area contributed by atoms with Gasteiger partial charge in [0, 0.05) is 13.0 Å². The number of para-hydroxylation sites is 1. The molecule has 0 aromatic heterocycles. The van der Waals surface area contributed by atoms with Crippen molar-refractivity contribution in [1.29, 1.82) is 0 Å². The van der Waals surface area contributed by atoms with Crippen LogP contribution in [0.5, 0.6) is 0 Å². The number of benzene rings is 3. The minimum atomic E-state index is -3.46. The first-order chi connectivity index (χ1) is 15.7. The molecule has 3 rings (SSSR count). The van der Waals surface area contributed by atoms with E-state index < -0.39 is 10.0 Å². The Bertz CT molecular complexity index is 1210. The summed E-state index contributed by atoms with van der Waals surface area (Å²) in [6, 6.07) is 23.2. The first-order valence-electron chi connectivity index (χ1n) is 11.1. The Labute approximate surface area is 197 Å². The molecule has 3 aromatic carbocycles. The molecule has 0 aliphatic heterocycles. The number of sulfonamides is 1. The number of anilines is 1. The molecule has 0 radical (unpaired) electrons. The number of rotatable bonds is 9. The molecule has 0 spiro atoms. The third-order valence-electron chi connectivity index (χ3n) is 5.72. The van der Waals surface area contributed by atoms with Gasteiger partial charge in [-0.15, -0.1) is 0 Å². The highest BCUT2D eigenvalue weighted by Gasteiger charge is 2.21. The van der Waals surface area contributed by atoms with Gasteiger partial charge in [-0.3, -0.25) is 9.10 Å². The normalized spacial score (nSPS) is 12.2. The molecule has 0 bridgehead atoms. The molecule has 1 amide bonds. The fourth-order valence-electron chi connectivity index (χ4n) is 4.06. The van der Waals surface area contributed by atoms with Crippen LogP contribution >= 0.6 is 0 Å². The number of carbonyl (C=O) groups is 1. The van der Waals surface area contributed by atoms with Crippen molar-refractivity contribution in [2.75, 3.05) is 17.1 Å². The third kappa shape index (κ3) is 6.45. The molecule has 0 saturated heterocycles. The summed E-state index contributed by atoms with van der Waals surface area (Å²) in [5.74, 6) is -0.109. The summed E-state index contributed by atoms with van der Waals surface area (Å²) in [5, 5.41) is 3.17. The van der Waals surface area contributed by atoms with E-state index in [9.17, 15) is 13.2 Å². The van der Waals surface area contributed by atoms with E-state index in [-0.39, 0.29) is 24.9 Å². The minimum Gasteiger partial charge on any atom is -0.345 e. The number of amides is 1. The van der Waals surface area contributed by atoms with Crippen molar-refractivity contribution in [1.82, 2.24) is 5.32 Å². The maximum atomic E-state index is 12.9. The molecule has 0 unspecified atom stereocenters. The monoisotopic (exact) mass is 464 g/mol. The smallest absolute Gasteiger partial charge is 0.232 e. The highest BCUT2D eigenvalue weighted by Crippen LogP contribution is 2.26. The second-order valence-corrected chi connectivity index (χ2v) is 10.4. The molecular formula is C27H32N2O3S. The number of aryl methyl sites for hydroxylation is 3. The Hall–Kier alpha value is -3.12. The van der Waals surface area contributed by atoms with E-state index >= 15 is 0 Å². The summed E-state index contributed by atoms with van der Waals surface area (Å²) in [4.78, 5) is 12.9. The SMILES string of the molecule is Cc1ccc([C@@H](NC(=O)CCCN(c2ccccc2C)S(C)(=O)=O)c2ccccc2)c(C)c1. The van der Waals surface area contributed by atoms with Gasteiger partial charge in [-0.2, -0.15) is 0 Å². The van der Waals surface area contributed by atoms with Gasteiger partial charge in [-0.05, 0) is 55.5 Å². The molecule has 3 aromatic rings. The largest absolute Gasteiger partial charge is 0.345 e. The van der Waals surface area contributed by atoms with Crippen molar-refractivity contribution in [3.05, 3.63) is 101 Å². The zero-order valence-corrected chi connectivity index (χ0v) is 20.5. The summed E-state index contributed by atoms with van der Waals surface area (Å²) in [6.07, 6.45) is 1.85. The maximum absolute atomic E-state index is 12.9. The second-order valence-electron chi connectivity index (χ2n) is 8.50. The van der Waals surface area contributed by atoms with Crippen LogP contribution in [0.4, 0.5) is 5.69 Å². The van der Waals surface area contributed by atoms with Crippen LogP contribution in [0.1, 0.15) is 46.7 Å². The standard InChI is InChI=1S/C27H32N2O3S/c1-20-16-17-24(22(3)19-20)27(23-12-6-5-7-13-23)28-26(30)15-10-18-29(33(4,31)32)25-14-9-8-11-21(25)2/h5-9,11-14,16-17,19,27H,10,15,18H2,1-4H3,(H,28,30)/t27-/m0/s1. The minimum absolute atomic E-state index is 0.109. The Balaban J connectivity index is 1.73. The van der Waals surface area contributed by atoms with E-state index in [2.05, 4.69) is 37.4 Å². The van der Waals surface area contributed by atoms with Crippen LogP contribution in [-0.2, 0) is 14.8 Å². The number of carbonyl (C=O) groups excluding carboxylic acids is 1. The van der Waals surface area contributed by atoms with E-state index in [1.165, 1.54) is 16.1 Å². The van der Waals surface area contributed by atoms with Gasteiger partial charge < -0.3 is 5.32 Å². The molecule has 1 atom stereocenters. The van der Waals surface area contributed by atoms with Crippen LogP contribution < -0.4 is 9.62 Å². The van der Waals surface area contributed by atoms with Crippen LogP contribution in [0.25, 0.3) is 0 Å². The van der Waals surface area contributed by atoms with Gasteiger partial charge in [0.05, 0.1) is 18.0 Å². The van der Waals surface area contributed by atoms with Gasteiger partial charge in [-0.1, -0.05) is 72.3 Å². The van der Waals surface area contributed by atoms with Crippen LogP contribution in [0, 0.1) is 20.8 Å². The zero-order chi connectivity index (χ0) is 24.0. The molecular weight excluding hydrogens is 432 g/mol. The topological polar surface area (TPSA) is 66.5 Å². The molecule has 0 heterocycles. The van der Waals surface area contributed by atoms with Crippen LogP contribution in [-0.4, -0.2) is 27.1 Å². The number of hydrogen-bond donors (Lipinski definition) is 1. The van der Waals surface area contributed by atoms with Crippen molar-refractivity contribution in [3.63, 3.8) is 0 Å². The average molecular weight is 465 g/mol. The fraction of sp³-hybridized carbons (Fsp3) is 0.296. The molecule has 1 N–H and O–H groups in total. The predicted octanol–water partition coefficient (Wildman–Crippen LogP) is 5.06. The number of nitrogens with one attached hydrogen (secondary N) is 1. The summed E-state index contributed by atoms with van der Waals surface area (Å²) < 4.78 is 26.2. The average Bonchev–Trinajstić information content (AvgIpc) is 2.76. The third-order valence-corrected chi connectivity index (χ3v) is 6.90. The van der Waals surface area contributed by atoms with Gasteiger partial charge in [0.15, 0.2) is 0 Å². The van der Waals surface area contributed by atoms with Crippen molar-refractivity contribution >= 4 is 21.6 Å². The highest BCUT2D eigenvalue weighted by atomic mass is 32.2. The summed E-state index contributed by atoms with van der Waals surface area (Å²) in [7, 11) is -3.46. The second kappa shape index (κ2) is 10.7. The highest BCUT2D eigenvalue weighted by molar-refractivity contribution is 7.92. The number of nitrogens with zero attached hydrogens (tertiary/aromatic N) is 1. The molecule has 0 aliphatic carbocycles. The zero-order valence-electron chi connectivity index (χ0n) is 19.7. The number of hydrogen-bond acceptors (Lipinski definition) is 3. The van der Waals surface area contributed by atoms with E-state index in [0.717, 1.165) is 22.3 Å². The van der Waals surface area contributed by atoms with E-state index in [0.29, 0.717) is 12.1 Å². The van der Waals surface area contributed by atoms with Gasteiger partial charge in [0.25, 0.3) is 0 Å². The van der Waals surface area contributed by atoms with Crippen LogP contribution in [0.15, 0.2) is 72.8 Å². The molecule has 6 heteroatoms. The molecule has 0 fully saturated rings. The van der Waals surface area contributed by atoms with E-state index in [1.54, 1.807) is 6.07 Å². The first-order valence-corrected chi connectivity index (χ1v) is 13.0. The first kappa shape index (κ1) is 24.5. The van der Waals surface area contributed by atoms with Crippen LogP contribution in [0.2, 0.25) is 0 Å². The Morgan fingerprint density at radius 3 is 2.21 bits per heavy atom. The van der Waals surface area contributed by atoms with Gasteiger partial charge in [0.1, 0.15) is 0 Å². The lowest BCUT2D eigenvalue weighted by Gasteiger charge is -2.25.